The van der Waals surface area contributed by atoms with Gasteiger partial charge in [-0.3, -0.25) is 4.79 Å². The highest BCUT2D eigenvalue weighted by Gasteiger charge is 2.09. The lowest BCUT2D eigenvalue weighted by atomic mass is 10.2. The molecule has 0 unspecified atom stereocenters. The number of thiocarbonyl (C=S) groups is 1. The van der Waals surface area contributed by atoms with Crippen molar-refractivity contribution in [2.24, 2.45) is 5.92 Å². The molecule has 92 valence electrons. The zero-order valence-electron chi connectivity index (χ0n) is 10.0. The van der Waals surface area contributed by atoms with Crippen LogP contribution in [0.5, 0.6) is 0 Å². The molecule has 0 atom stereocenters. The molecular weight excluding hydrogens is 256 g/mol. The van der Waals surface area contributed by atoms with Crippen LogP contribution in [0.25, 0.3) is 0 Å². The molecule has 5 heteroatoms. The van der Waals surface area contributed by atoms with E-state index in [-0.39, 0.29) is 11.8 Å². The summed E-state index contributed by atoms with van der Waals surface area (Å²) in [6, 6.07) is 5.42. The lowest BCUT2D eigenvalue weighted by Gasteiger charge is -2.13. The lowest BCUT2D eigenvalue weighted by molar-refractivity contribution is -0.122. The van der Waals surface area contributed by atoms with Gasteiger partial charge in [-0.2, -0.15) is 0 Å². The van der Waals surface area contributed by atoms with Crippen LogP contribution in [0, 0.1) is 12.8 Å². The Morgan fingerprint density at radius 1 is 1.41 bits per heavy atom. The van der Waals surface area contributed by atoms with Crippen LogP contribution in [-0.2, 0) is 4.79 Å². The van der Waals surface area contributed by atoms with E-state index in [1.54, 1.807) is 6.07 Å². The summed E-state index contributed by atoms with van der Waals surface area (Å²) in [6.45, 7) is 5.54. The highest BCUT2D eigenvalue weighted by Crippen LogP contribution is 2.19. The van der Waals surface area contributed by atoms with Crippen molar-refractivity contribution >= 4 is 40.5 Å². The first-order valence-corrected chi connectivity index (χ1v) is 6.06. The van der Waals surface area contributed by atoms with Crippen LogP contribution in [0.1, 0.15) is 19.4 Å². The van der Waals surface area contributed by atoms with Crippen molar-refractivity contribution in [2.75, 3.05) is 5.32 Å². The molecule has 1 rings (SSSR count). The zero-order valence-corrected chi connectivity index (χ0v) is 11.6. The molecule has 1 amide bonds. The highest BCUT2D eigenvalue weighted by molar-refractivity contribution is 7.80. The van der Waals surface area contributed by atoms with Crippen molar-refractivity contribution in [1.82, 2.24) is 5.32 Å². The molecule has 0 aliphatic carbocycles. The maximum absolute atomic E-state index is 11.4. The Balaban J connectivity index is 2.65. The first-order valence-electron chi connectivity index (χ1n) is 5.28. The second-order valence-electron chi connectivity index (χ2n) is 4.06. The summed E-state index contributed by atoms with van der Waals surface area (Å²) in [5, 5.41) is 6.55. The van der Waals surface area contributed by atoms with E-state index >= 15 is 0 Å². The van der Waals surface area contributed by atoms with Gasteiger partial charge in [-0.15, -0.1) is 0 Å². The molecule has 0 fully saturated rings. The van der Waals surface area contributed by atoms with Crippen molar-refractivity contribution in [3.63, 3.8) is 0 Å². The minimum absolute atomic E-state index is 0.0962. The topological polar surface area (TPSA) is 41.1 Å². The van der Waals surface area contributed by atoms with Crippen LogP contribution in [0.2, 0.25) is 5.02 Å². The summed E-state index contributed by atoms with van der Waals surface area (Å²) >= 11 is 10.9. The highest BCUT2D eigenvalue weighted by atomic mass is 35.5. The second kappa shape index (κ2) is 5.98. The van der Waals surface area contributed by atoms with Crippen molar-refractivity contribution in [3.8, 4) is 0 Å². The number of benzene rings is 1. The molecule has 3 nitrogen and oxygen atoms in total. The number of carbonyl (C=O) groups is 1. The van der Waals surface area contributed by atoms with Crippen LogP contribution in [0.15, 0.2) is 18.2 Å². The Morgan fingerprint density at radius 2 is 2.06 bits per heavy atom. The molecule has 0 spiro atoms. The Labute approximate surface area is 112 Å². The van der Waals surface area contributed by atoms with Gasteiger partial charge < -0.3 is 10.6 Å². The number of anilines is 1. The predicted molar refractivity (Wildman–Crippen MR) is 75.4 cm³/mol. The number of carbonyl (C=O) groups excluding carboxylic acids is 1. The van der Waals surface area contributed by atoms with Gasteiger partial charge in [0, 0.05) is 16.6 Å². The molecule has 0 aliphatic rings. The fourth-order valence-electron chi connectivity index (χ4n) is 1.18. The molecule has 1 aromatic carbocycles. The van der Waals surface area contributed by atoms with Crippen molar-refractivity contribution < 1.29 is 4.79 Å². The Bertz CT molecular complexity index is 446. The van der Waals surface area contributed by atoms with Gasteiger partial charge in [0.25, 0.3) is 0 Å². The van der Waals surface area contributed by atoms with Crippen molar-refractivity contribution in [1.29, 1.82) is 0 Å². The van der Waals surface area contributed by atoms with E-state index in [0.717, 1.165) is 11.3 Å². The number of rotatable bonds is 2. The SMILES string of the molecule is Cc1cc(Cl)ccc1NC(=S)NC(=O)C(C)C. The minimum Gasteiger partial charge on any atom is -0.332 e. The van der Waals surface area contributed by atoms with E-state index in [4.69, 9.17) is 23.8 Å². The third kappa shape index (κ3) is 4.32. The zero-order chi connectivity index (χ0) is 13.0. The first-order chi connectivity index (χ1) is 7.90. The van der Waals surface area contributed by atoms with E-state index in [0.29, 0.717) is 10.1 Å². The van der Waals surface area contributed by atoms with Gasteiger partial charge >= 0.3 is 0 Å². The van der Waals surface area contributed by atoms with E-state index < -0.39 is 0 Å². The van der Waals surface area contributed by atoms with Crippen molar-refractivity contribution in [2.45, 2.75) is 20.8 Å². The third-order valence-corrected chi connectivity index (χ3v) is 2.64. The molecule has 2 N–H and O–H groups in total. The van der Waals surface area contributed by atoms with Gasteiger partial charge in [0.2, 0.25) is 5.91 Å². The summed E-state index contributed by atoms with van der Waals surface area (Å²) in [6.07, 6.45) is 0. The fraction of sp³-hybridized carbons (Fsp3) is 0.333. The number of amides is 1. The number of hydrogen-bond acceptors (Lipinski definition) is 2. The standard InChI is InChI=1S/C12H15ClN2OS/c1-7(2)11(16)15-12(17)14-10-5-4-9(13)6-8(10)3/h4-7H,1-3H3,(H2,14,15,16,17). The lowest BCUT2D eigenvalue weighted by Crippen LogP contribution is -2.36. The number of aryl methyl sites for hydroxylation is 1. The van der Waals surface area contributed by atoms with Gasteiger partial charge in [0.15, 0.2) is 5.11 Å². The van der Waals surface area contributed by atoms with Crippen LogP contribution < -0.4 is 10.6 Å². The monoisotopic (exact) mass is 270 g/mol. The summed E-state index contributed by atoms with van der Waals surface area (Å²) < 4.78 is 0. The molecule has 0 bridgehead atoms. The molecule has 0 aromatic heterocycles. The van der Waals surface area contributed by atoms with Gasteiger partial charge in [-0.05, 0) is 42.9 Å². The van der Waals surface area contributed by atoms with Gasteiger partial charge in [0.05, 0.1) is 0 Å². The van der Waals surface area contributed by atoms with Gasteiger partial charge in [-0.1, -0.05) is 25.4 Å². The van der Waals surface area contributed by atoms with E-state index in [2.05, 4.69) is 10.6 Å². The molecule has 1 aromatic rings. The molecule has 0 saturated heterocycles. The van der Waals surface area contributed by atoms with Crippen LogP contribution >= 0.6 is 23.8 Å². The van der Waals surface area contributed by atoms with E-state index in [1.807, 2.05) is 32.9 Å². The Hall–Kier alpha value is -1.13. The van der Waals surface area contributed by atoms with Crippen LogP contribution in [0.4, 0.5) is 5.69 Å². The number of halogens is 1. The quantitative estimate of drug-likeness (QED) is 0.812. The van der Waals surface area contributed by atoms with E-state index in [9.17, 15) is 4.79 Å². The average Bonchev–Trinajstić information content (AvgIpc) is 2.22. The third-order valence-electron chi connectivity index (χ3n) is 2.20. The minimum atomic E-state index is -0.103. The largest absolute Gasteiger partial charge is 0.332 e. The summed E-state index contributed by atoms with van der Waals surface area (Å²) in [4.78, 5) is 11.4. The van der Waals surface area contributed by atoms with Crippen LogP contribution in [0.3, 0.4) is 0 Å². The van der Waals surface area contributed by atoms with Crippen LogP contribution in [-0.4, -0.2) is 11.0 Å². The number of nitrogens with one attached hydrogen (secondary N) is 2. The van der Waals surface area contributed by atoms with Gasteiger partial charge in [0.1, 0.15) is 0 Å². The molecule has 0 radical (unpaired) electrons. The normalized spacial score (nSPS) is 10.2. The summed E-state index contributed by atoms with van der Waals surface area (Å²) in [7, 11) is 0. The van der Waals surface area contributed by atoms with Crippen molar-refractivity contribution in [3.05, 3.63) is 28.8 Å². The molecule has 0 aliphatic heterocycles. The maximum atomic E-state index is 11.4. The molecule has 17 heavy (non-hydrogen) atoms. The Kier molecular flexibility index (Phi) is 4.90. The maximum Gasteiger partial charge on any atom is 0.228 e. The smallest absolute Gasteiger partial charge is 0.228 e. The molecular formula is C12H15ClN2OS. The predicted octanol–water partition coefficient (Wildman–Crippen LogP) is 3.12. The Morgan fingerprint density at radius 3 is 2.59 bits per heavy atom. The molecule has 0 heterocycles. The second-order valence-corrected chi connectivity index (χ2v) is 4.90. The number of hydrogen-bond donors (Lipinski definition) is 2. The fourth-order valence-corrected chi connectivity index (χ4v) is 1.61. The molecule has 0 saturated carbocycles. The van der Waals surface area contributed by atoms with Gasteiger partial charge in [-0.25, -0.2) is 0 Å². The first kappa shape index (κ1) is 13.9. The summed E-state index contributed by atoms with van der Waals surface area (Å²) in [5.41, 5.74) is 1.81. The van der Waals surface area contributed by atoms with E-state index in [1.165, 1.54) is 0 Å². The summed E-state index contributed by atoms with van der Waals surface area (Å²) in [5.74, 6) is -0.199. The average molecular weight is 271 g/mol.